The van der Waals surface area contributed by atoms with E-state index < -0.39 is 0 Å². The van der Waals surface area contributed by atoms with Gasteiger partial charge in [0.05, 0.1) is 17.1 Å². The number of rotatable bonds is 4. The van der Waals surface area contributed by atoms with Gasteiger partial charge in [0.1, 0.15) is 6.33 Å². The number of nitrogens with zero attached hydrogens (tertiary/aromatic N) is 5. The van der Waals surface area contributed by atoms with E-state index in [1.165, 1.54) is 17.9 Å². The standard InChI is InChI=1S/C12H14N6OS/c1-6(2)9-8(20-18-17-9)4-13-11-10-12(15-5-14-11)19-7(3)16-10/h5-6H,4H2,1-3H3,(H,13,14,15). The maximum Gasteiger partial charge on any atom is 0.252 e. The maximum atomic E-state index is 5.38. The van der Waals surface area contributed by atoms with Crippen molar-refractivity contribution in [3.8, 4) is 0 Å². The number of oxazole rings is 1. The van der Waals surface area contributed by atoms with Gasteiger partial charge < -0.3 is 9.73 Å². The zero-order valence-electron chi connectivity index (χ0n) is 11.4. The number of fused-ring (bicyclic) bond motifs is 1. The van der Waals surface area contributed by atoms with Crippen molar-refractivity contribution in [1.29, 1.82) is 0 Å². The molecule has 0 aliphatic carbocycles. The normalized spacial score (nSPS) is 11.4. The monoisotopic (exact) mass is 290 g/mol. The smallest absolute Gasteiger partial charge is 0.252 e. The van der Waals surface area contributed by atoms with Gasteiger partial charge in [-0.25, -0.2) is 9.97 Å². The van der Waals surface area contributed by atoms with Crippen LogP contribution in [0.5, 0.6) is 0 Å². The van der Waals surface area contributed by atoms with Crippen LogP contribution in [0.3, 0.4) is 0 Å². The van der Waals surface area contributed by atoms with E-state index in [4.69, 9.17) is 4.42 Å². The number of hydrogen-bond donors (Lipinski definition) is 1. The Bertz CT molecular complexity index is 734. The second-order valence-corrected chi connectivity index (χ2v) is 5.54. The summed E-state index contributed by atoms with van der Waals surface area (Å²) in [6.45, 7) is 6.60. The first-order valence-corrected chi connectivity index (χ1v) is 7.05. The summed E-state index contributed by atoms with van der Waals surface area (Å²) in [7, 11) is 0. The highest BCUT2D eigenvalue weighted by molar-refractivity contribution is 7.05. The summed E-state index contributed by atoms with van der Waals surface area (Å²) in [4.78, 5) is 13.7. The summed E-state index contributed by atoms with van der Waals surface area (Å²) < 4.78 is 9.39. The third-order valence-electron chi connectivity index (χ3n) is 2.85. The zero-order chi connectivity index (χ0) is 14.1. The van der Waals surface area contributed by atoms with Crippen molar-refractivity contribution in [3.05, 3.63) is 22.8 Å². The number of anilines is 1. The van der Waals surface area contributed by atoms with Gasteiger partial charge in [0, 0.05) is 6.92 Å². The molecular weight excluding hydrogens is 276 g/mol. The SMILES string of the molecule is Cc1nc2c(NCc3snnc3C(C)C)ncnc2o1. The van der Waals surface area contributed by atoms with Crippen LogP contribution >= 0.6 is 11.5 Å². The van der Waals surface area contributed by atoms with E-state index in [0.29, 0.717) is 35.4 Å². The van der Waals surface area contributed by atoms with Gasteiger partial charge in [-0.3, -0.25) is 0 Å². The topological polar surface area (TPSA) is 89.6 Å². The zero-order valence-corrected chi connectivity index (χ0v) is 12.2. The fraction of sp³-hybridized carbons (Fsp3) is 0.417. The van der Waals surface area contributed by atoms with Crippen LogP contribution in [0.15, 0.2) is 10.7 Å². The lowest BCUT2D eigenvalue weighted by molar-refractivity contribution is 0.551. The van der Waals surface area contributed by atoms with Gasteiger partial charge in [0.25, 0.3) is 5.71 Å². The van der Waals surface area contributed by atoms with Gasteiger partial charge in [-0.2, -0.15) is 4.98 Å². The van der Waals surface area contributed by atoms with Crippen LogP contribution in [0.4, 0.5) is 5.82 Å². The maximum absolute atomic E-state index is 5.38. The lowest BCUT2D eigenvalue weighted by Crippen LogP contribution is -2.04. The molecular formula is C12H14N6OS. The summed E-state index contributed by atoms with van der Waals surface area (Å²) >= 11 is 1.40. The molecule has 3 aromatic heterocycles. The Morgan fingerprint density at radius 2 is 2.20 bits per heavy atom. The minimum absolute atomic E-state index is 0.352. The quantitative estimate of drug-likeness (QED) is 0.789. The molecule has 0 atom stereocenters. The van der Waals surface area contributed by atoms with Crippen molar-refractivity contribution < 1.29 is 4.42 Å². The highest BCUT2D eigenvalue weighted by atomic mass is 32.1. The van der Waals surface area contributed by atoms with Crippen LogP contribution in [0.25, 0.3) is 11.2 Å². The summed E-state index contributed by atoms with van der Waals surface area (Å²) in [5.74, 6) is 1.59. The van der Waals surface area contributed by atoms with Gasteiger partial charge in [0.15, 0.2) is 17.2 Å². The Hall–Kier alpha value is -2.09. The lowest BCUT2D eigenvalue weighted by atomic mass is 10.1. The molecule has 0 aromatic carbocycles. The predicted molar refractivity (Wildman–Crippen MR) is 75.7 cm³/mol. The van der Waals surface area contributed by atoms with Gasteiger partial charge in [-0.1, -0.05) is 18.3 Å². The molecule has 0 radical (unpaired) electrons. The fourth-order valence-corrected chi connectivity index (χ4v) is 2.66. The molecule has 0 saturated heterocycles. The lowest BCUT2D eigenvalue weighted by Gasteiger charge is -2.06. The van der Waals surface area contributed by atoms with E-state index in [1.54, 1.807) is 6.92 Å². The Morgan fingerprint density at radius 3 is 3.00 bits per heavy atom. The van der Waals surface area contributed by atoms with Gasteiger partial charge in [-0.05, 0) is 17.5 Å². The Labute approximate surface area is 119 Å². The molecule has 3 rings (SSSR count). The molecule has 1 N–H and O–H groups in total. The number of hydrogen-bond acceptors (Lipinski definition) is 8. The summed E-state index contributed by atoms with van der Waals surface area (Å²) in [5, 5.41) is 7.41. The molecule has 0 spiro atoms. The van der Waals surface area contributed by atoms with Crippen LogP contribution in [0.2, 0.25) is 0 Å². The molecule has 3 aromatic rings. The van der Waals surface area contributed by atoms with Crippen LogP contribution in [-0.4, -0.2) is 24.5 Å². The summed E-state index contributed by atoms with van der Waals surface area (Å²) in [5.41, 5.74) is 2.16. The fourth-order valence-electron chi connectivity index (χ4n) is 1.93. The highest BCUT2D eigenvalue weighted by Crippen LogP contribution is 2.23. The van der Waals surface area contributed by atoms with E-state index >= 15 is 0 Å². The number of aryl methyl sites for hydroxylation is 1. The molecule has 0 saturated carbocycles. The van der Waals surface area contributed by atoms with Gasteiger partial charge in [0.2, 0.25) is 0 Å². The molecule has 3 heterocycles. The Balaban J connectivity index is 1.85. The third kappa shape index (κ3) is 2.34. The van der Waals surface area contributed by atoms with E-state index in [-0.39, 0.29) is 0 Å². The van der Waals surface area contributed by atoms with E-state index in [9.17, 15) is 0 Å². The molecule has 8 heteroatoms. The first kappa shape index (κ1) is 12.9. The Kier molecular flexibility index (Phi) is 3.31. The largest absolute Gasteiger partial charge is 0.422 e. The summed E-state index contributed by atoms with van der Waals surface area (Å²) in [6.07, 6.45) is 1.46. The Morgan fingerprint density at radius 1 is 1.35 bits per heavy atom. The van der Waals surface area contributed by atoms with E-state index in [2.05, 4.69) is 43.7 Å². The van der Waals surface area contributed by atoms with Gasteiger partial charge >= 0.3 is 0 Å². The highest BCUT2D eigenvalue weighted by Gasteiger charge is 2.14. The second-order valence-electron chi connectivity index (χ2n) is 4.70. The summed E-state index contributed by atoms with van der Waals surface area (Å²) in [6, 6.07) is 0. The molecule has 7 nitrogen and oxygen atoms in total. The van der Waals surface area contributed by atoms with E-state index in [1.807, 2.05) is 0 Å². The van der Waals surface area contributed by atoms with Crippen LogP contribution in [0.1, 0.15) is 36.2 Å². The van der Waals surface area contributed by atoms with Crippen molar-refractivity contribution in [1.82, 2.24) is 24.5 Å². The first-order valence-electron chi connectivity index (χ1n) is 6.28. The molecule has 0 aliphatic rings. The van der Waals surface area contributed by atoms with Crippen molar-refractivity contribution in [2.24, 2.45) is 0 Å². The van der Waals surface area contributed by atoms with Crippen LogP contribution in [0, 0.1) is 6.92 Å². The molecule has 0 aliphatic heterocycles. The van der Waals surface area contributed by atoms with Crippen LogP contribution in [-0.2, 0) is 6.54 Å². The van der Waals surface area contributed by atoms with Crippen molar-refractivity contribution in [2.75, 3.05) is 5.32 Å². The van der Waals surface area contributed by atoms with Crippen molar-refractivity contribution >= 4 is 28.6 Å². The minimum atomic E-state index is 0.352. The molecule has 0 unspecified atom stereocenters. The minimum Gasteiger partial charge on any atom is -0.422 e. The van der Waals surface area contributed by atoms with Crippen molar-refractivity contribution in [2.45, 2.75) is 33.2 Å². The number of nitrogens with one attached hydrogen (secondary N) is 1. The first-order chi connectivity index (χ1) is 9.65. The molecule has 104 valence electrons. The molecule has 0 amide bonds. The molecule has 0 fully saturated rings. The molecule has 0 bridgehead atoms. The third-order valence-corrected chi connectivity index (χ3v) is 3.59. The van der Waals surface area contributed by atoms with Crippen molar-refractivity contribution in [3.63, 3.8) is 0 Å². The predicted octanol–water partition coefficient (Wildman–Crippen LogP) is 2.51. The van der Waals surface area contributed by atoms with Gasteiger partial charge in [-0.15, -0.1) is 5.10 Å². The average molecular weight is 290 g/mol. The second kappa shape index (κ2) is 5.12. The average Bonchev–Trinajstić information content (AvgIpc) is 3.01. The van der Waals surface area contributed by atoms with E-state index in [0.717, 1.165) is 10.6 Å². The number of aromatic nitrogens is 5. The van der Waals surface area contributed by atoms with Crippen LogP contribution < -0.4 is 5.32 Å². The molecule has 20 heavy (non-hydrogen) atoms.